The number of thioether (sulfide) groups is 1. The number of thiazole rings is 1. The van der Waals surface area contributed by atoms with E-state index in [9.17, 15) is 14.4 Å². The number of hydrogen-bond acceptors (Lipinski definition) is 7. The van der Waals surface area contributed by atoms with Crippen molar-refractivity contribution in [1.82, 2.24) is 19.4 Å². The summed E-state index contributed by atoms with van der Waals surface area (Å²) in [5, 5.41) is 4.75. The molecule has 3 aromatic heterocycles. The summed E-state index contributed by atoms with van der Waals surface area (Å²) in [7, 11) is 0. The maximum atomic E-state index is 13.2. The Bertz CT molecular complexity index is 1270. The Morgan fingerprint density at radius 3 is 2.66 bits per heavy atom. The molecule has 7 nitrogen and oxygen atoms in total. The van der Waals surface area contributed by atoms with E-state index in [0.717, 1.165) is 9.44 Å². The molecule has 0 aliphatic rings. The molecule has 1 aromatic carbocycles. The molecular weight excluding hydrogens is 428 g/mol. The van der Waals surface area contributed by atoms with Crippen molar-refractivity contribution in [3.8, 4) is 5.69 Å². The van der Waals surface area contributed by atoms with Crippen LogP contribution in [-0.4, -0.2) is 26.3 Å². The Morgan fingerprint density at radius 1 is 1.17 bits per heavy atom. The minimum atomic E-state index is -0.585. The monoisotopic (exact) mass is 444 g/mol. The van der Waals surface area contributed by atoms with Crippen LogP contribution in [0.5, 0.6) is 0 Å². The maximum Gasteiger partial charge on any atom is 0.337 e. The number of hydrogen-bond donors (Lipinski definition) is 1. The second-order valence-electron chi connectivity index (χ2n) is 6.04. The second-order valence-corrected chi connectivity index (χ2v) is 9.12. The van der Waals surface area contributed by atoms with E-state index in [2.05, 4.69) is 10.3 Å². The van der Waals surface area contributed by atoms with Crippen LogP contribution in [0.4, 0.5) is 0 Å². The van der Waals surface area contributed by atoms with E-state index < -0.39 is 11.2 Å². The summed E-state index contributed by atoms with van der Waals surface area (Å²) >= 11 is 4.16. The van der Waals surface area contributed by atoms with Crippen LogP contribution in [0, 0.1) is 0 Å². The highest BCUT2D eigenvalue weighted by Crippen LogP contribution is 2.25. The van der Waals surface area contributed by atoms with Crippen LogP contribution >= 0.6 is 34.4 Å². The lowest BCUT2D eigenvalue weighted by Gasteiger charge is -2.11. The topological polar surface area (TPSA) is 86.0 Å². The summed E-state index contributed by atoms with van der Waals surface area (Å²) in [4.78, 5) is 44.1. The summed E-state index contributed by atoms with van der Waals surface area (Å²) in [6, 6.07) is 12.5. The van der Waals surface area contributed by atoms with Crippen LogP contribution in [0.25, 0.3) is 16.0 Å². The fraction of sp³-hybridized carbons (Fsp3) is 0.158. The lowest BCUT2D eigenvalue weighted by atomic mass is 10.3. The number of benzene rings is 1. The number of rotatable bonds is 6. The third-order valence-corrected chi connectivity index (χ3v) is 7.09. The van der Waals surface area contributed by atoms with E-state index in [-0.39, 0.29) is 18.1 Å². The van der Waals surface area contributed by atoms with E-state index in [1.54, 1.807) is 35.6 Å². The van der Waals surface area contributed by atoms with Crippen molar-refractivity contribution < 1.29 is 4.79 Å². The van der Waals surface area contributed by atoms with Gasteiger partial charge >= 0.3 is 5.69 Å². The molecule has 1 N–H and O–H groups in total. The Kier molecular flexibility index (Phi) is 5.65. The van der Waals surface area contributed by atoms with E-state index in [0.29, 0.717) is 21.3 Å². The molecule has 0 aliphatic heterocycles. The summed E-state index contributed by atoms with van der Waals surface area (Å²) in [5.74, 6) is -0.321. The summed E-state index contributed by atoms with van der Waals surface area (Å²) in [6.45, 7) is 0.172. The molecule has 0 saturated carbocycles. The molecule has 0 atom stereocenters. The van der Waals surface area contributed by atoms with Crippen molar-refractivity contribution in [2.45, 2.75) is 17.4 Å². The predicted molar refractivity (Wildman–Crippen MR) is 117 cm³/mol. The quantitative estimate of drug-likeness (QED) is 0.462. The van der Waals surface area contributed by atoms with Crippen molar-refractivity contribution >= 4 is 50.7 Å². The molecule has 0 unspecified atom stereocenters. The van der Waals surface area contributed by atoms with Crippen molar-refractivity contribution in [3.63, 3.8) is 0 Å². The Balaban J connectivity index is 1.79. The molecule has 4 aromatic rings. The SMILES string of the molecule is CSc1nc2c(s1)c(=O)n(-c1ccccc1)c(=O)n2CC(=O)NCc1cccs1. The van der Waals surface area contributed by atoms with Crippen molar-refractivity contribution in [3.05, 3.63) is 73.6 Å². The molecule has 0 fully saturated rings. The third kappa shape index (κ3) is 3.91. The average molecular weight is 445 g/mol. The lowest BCUT2D eigenvalue weighted by molar-refractivity contribution is -0.121. The molecule has 3 heterocycles. The van der Waals surface area contributed by atoms with Crippen LogP contribution in [-0.2, 0) is 17.9 Å². The van der Waals surface area contributed by atoms with E-state index in [4.69, 9.17) is 0 Å². The van der Waals surface area contributed by atoms with Gasteiger partial charge in [-0.25, -0.2) is 14.3 Å². The Labute approximate surface area is 177 Å². The number of thiophene rings is 1. The zero-order chi connectivity index (χ0) is 20.4. The zero-order valence-corrected chi connectivity index (χ0v) is 17.8. The summed E-state index contributed by atoms with van der Waals surface area (Å²) in [5.41, 5.74) is -0.314. The fourth-order valence-corrected chi connectivity index (χ4v) is 4.99. The van der Waals surface area contributed by atoms with Crippen LogP contribution < -0.4 is 16.6 Å². The molecular formula is C19H16N4O3S3. The fourth-order valence-electron chi connectivity index (χ4n) is 2.85. The standard InChI is InChI=1S/C19H16N4O3S3/c1-27-18-21-16-15(29-18)17(25)23(12-6-3-2-4-7-12)19(26)22(16)11-14(24)20-10-13-8-5-9-28-13/h2-9H,10-11H2,1H3,(H,20,24). The smallest absolute Gasteiger partial charge is 0.337 e. The van der Waals surface area contributed by atoms with Gasteiger partial charge in [0.15, 0.2) is 9.99 Å². The van der Waals surface area contributed by atoms with Gasteiger partial charge < -0.3 is 5.32 Å². The van der Waals surface area contributed by atoms with Crippen molar-refractivity contribution in [2.75, 3.05) is 6.26 Å². The van der Waals surface area contributed by atoms with Gasteiger partial charge in [0.05, 0.1) is 12.2 Å². The van der Waals surface area contributed by atoms with Gasteiger partial charge in [0.2, 0.25) is 5.91 Å². The summed E-state index contributed by atoms with van der Waals surface area (Å²) < 4.78 is 3.37. The minimum Gasteiger partial charge on any atom is -0.350 e. The first-order valence-electron chi connectivity index (χ1n) is 8.63. The van der Waals surface area contributed by atoms with Crippen molar-refractivity contribution in [2.24, 2.45) is 0 Å². The Morgan fingerprint density at radius 2 is 1.97 bits per heavy atom. The maximum absolute atomic E-state index is 13.2. The Hall–Kier alpha value is -2.69. The number of aromatic nitrogens is 3. The molecule has 0 radical (unpaired) electrons. The van der Waals surface area contributed by atoms with E-state index in [1.165, 1.54) is 27.7 Å². The molecule has 4 rings (SSSR count). The molecule has 10 heteroatoms. The first-order chi connectivity index (χ1) is 14.1. The van der Waals surface area contributed by atoms with Crippen LogP contribution in [0.15, 0.2) is 61.8 Å². The highest BCUT2D eigenvalue weighted by molar-refractivity contribution is 8.00. The van der Waals surface area contributed by atoms with Crippen LogP contribution in [0.3, 0.4) is 0 Å². The predicted octanol–water partition coefficient (Wildman–Crippen LogP) is 2.71. The lowest BCUT2D eigenvalue weighted by Crippen LogP contribution is -2.41. The van der Waals surface area contributed by atoms with Crippen molar-refractivity contribution in [1.29, 1.82) is 0 Å². The normalized spacial score (nSPS) is 11.1. The van der Waals surface area contributed by atoms with Crippen LogP contribution in [0.1, 0.15) is 4.88 Å². The zero-order valence-electron chi connectivity index (χ0n) is 15.3. The first-order valence-corrected chi connectivity index (χ1v) is 11.6. The number of carbonyl (C=O) groups excluding carboxylic acids is 1. The first kappa shape index (κ1) is 19.6. The highest BCUT2D eigenvalue weighted by Gasteiger charge is 2.20. The number of carbonyl (C=O) groups is 1. The van der Waals surface area contributed by atoms with Gasteiger partial charge in [-0.05, 0) is 29.8 Å². The third-order valence-electron chi connectivity index (χ3n) is 4.20. The van der Waals surface area contributed by atoms with Gasteiger partial charge in [0, 0.05) is 4.88 Å². The van der Waals surface area contributed by atoms with E-state index >= 15 is 0 Å². The van der Waals surface area contributed by atoms with Gasteiger partial charge in [-0.2, -0.15) is 0 Å². The van der Waals surface area contributed by atoms with Crippen LogP contribution in [0.2, 0.25) is 0 Å². The molecule has 0 saturated heterocycles. The molecule has 0 spiro atoms. The molecule has 0 bridgehead atoms. The molecule has 0 aliphatic carbocycles. The van der Waals surface area contributed by atoms with Gasteiger partial charge in [0.1, 0.15) is 11.2 Å². The number of fused-ring (bicyclic) bond motifs is 1. The largest absolute Gasteiger partial charge is 0.350 e. The van der Waals surface area contributed by atoms with Gasteiger partial charge in [-0.1, -0.05) is 36.0 Å². The van der Waals surface area contributed by atoms with Gasteiger partial charge in [0.25, 0.3) is 5.56 Å². The molecule has 29 heavy (non-hydrogen) atoms. The number of amides is 1. The van der Waals surface area contributed by atoms with Gasteiger partial charge in [-0.3, -0.25) is 14.2 Å². The summed E-state index contributed by atoms with van der Waals surface area (Å²) in [6.07, 6.45) is 1.85. The number of nitrogens with one attached hydrogen (secondary N) is 1. The number of para-hydroxylation sites is 1. The average Bonchev–Trinajstić information content (AvgIpc) is 3.40. The second kappa shape index (κ2) is 8.36. The van der Waals surface area contributed by atoms with E-state index in [1.807, 2.05) is 29.8 Å². The minimum absolute atomic E-state index is 0.217. The number of nitrogens with zero attached hydrogens (tertiary/aromatic N) is 3. The highest BCUT2D eigenvalue weighted by atomic mass is 32.2. The van der Waals surface area contributed by atoms with Gasteiger partial charge in [-0.15, -0.1) is 22.7 Å². The molecule has 148 valence electrons. The molecule has 1 amide bonds.